The molecule has 0 unspecified atom stereocenters. The lowest BCUT2D eigenvalue weighted by Crippen LogP contribution is -2.43. The Bertz CT molecular complexity index is 1380. The SMILES string of the molecule is CCOc1nc(Cc2ccc(C(=O)NCC(C)(C)CNC(=O)OC(C)(C)C)cc2)cc(NCc2ccc(OCCCBr)cc2)n1. The fourth-order valence-electron chi connectivity index (χ4n) is 4.08. The van der Waals surface area contributed by atoms with E-state index in [-0.39, 0.29) is 11.3 Å². The average molecular weight is 685 g/mol. The number of alkyl halides is 1. The van der Waals surface area contributed by atoms with Crippen LogP contribution in [0.15, 0.2) is 54.6 Å². The van der Waals surface area contributed by atoms with Crippen LogP contribution in [0.3, 0.4) is 0 Å². The zero-order valence-corrected chi connectivity index (χ0v) is 28.8. The van der Waals surface area contributed by atoms with Gasteiger partial charge in [0.05, 0.1) is 18.9 Å². The summed E-state index contributed by atoms with van der Waals surface area (Å²) in [5.74, 6) is 1.33. The molecule has 0 saturated heterocycles. The zero-order chi connectivity index (χ0) is 32.9. The summed E-state index contributed by atoms with van der Waals surface area (Å²) >= 11 is 3.41. The molecular formula is C34H46BrN5O5. The summed E-state index contributed by atoms with van der Waals surface area (Å²) in [7, 11) is 0. The van der Waals surface area contributed by atoms with Crippen LogP contribution in [0.25, 0.3) is 0 Å². The third-order valence-electron chi connectivity index (χ3n) is 6.41. The number of halogens is 1. The van der Waals surface area contributed by atoms with Crippen molar-refractivity contribution >= 4 is 33.7 Å². The van der Waals surface area contributed by atoms with Gasteiger partial charge in [-0.2, -0.15) is 9.97 Å². The second kappa shape index (κ2) is 17.0. The molecule has 3 N–H and O–H groups in total. The van der Waals surface area contributed by atoms with Gasteiger partial charge in [0.15, 0.2) is 0 Å². The highest BCUT2D eigenvalue weighted by molar-refractivity contribution is 9.09. The number of carbonyl (C=O) groups is 2. The Morgan fingerprint density at radius 2 is 1.53 bits per heavy atom. The van der Waals surface area contributed by atoms with Crippen LogP contribution in [-0.4, -0.2) is 59.2 Å². The van der Waals surface area contributed by atoms with Gasteiger partial charge >= 0.3 is 12.1 Å². The molecule has 2 amide bonds. The lowest BCUT2D eigenvalue weighted by molar-refractivity contribution is 0.0506. The number of anilines is 1. The van der Waals surface area contributed by atoms with Crippen LogP contribution >= 0.6 is 15.9 Å². The number of benzene rings is 2. The first-order valence-corrected chi connectivity index (χ1v) is 16.3. The molecule has 244 valence electrons. The first-order valence-electron chi connectivity index (χ1n) is 15.2. The lowest BCUT2D eigenvalue weighted by Gasteiger charge is -2.26. The van der Waals surface area contributed by atoms with Gasteiger partial charge in [0.2, 0.25) is 0 Å². The molecule has 10 nitrogen and oxygen atoms in total. The third kappa shape index (κ3) is 13.3. The third-order valence-corrected chi connectivity index (χ3v) is 6.98. The summed E-state index contributed by atoms with van der Waals surface area (Å²) in [6, 6.07) is 17.7. The molecule has 3 rings (SSSR count). The van der Waals surface area contributed by atoms with E-state index < -0.39 is 11.7 Å². The number of amides is 2. The van der Waals surface area contributed by atoms with Crippen molar-refractivity contribution < 1.29 is 23.8 Å². The Kier molecular flexibility index (Phi) is 13.5. The van der Waals surface area contributed by atoms with Crippen LogP contribution < -0.4 is 25.4 Å². The number of alkyl carbamates (subject to hydrolysis) is 1. The summed E-state index contributed by atoms with van der Waals surface area (Å²) in [5, 5.41) is 10.0. The number of hydrogen-bond acceptors (Lipinski definition) is 8. The smallest absolute Gasteiger partial charge is 0.407 e. The van der Waals surface area contributed by atoms with Crippen molar-refractivity contribution in [2.75, 3.05) is 37.0 Å². The topological polar surface area (TPSA) is 124 Å². The van der Waals surface area contributed by atoms with Gasteiger partial charge in [0.1, 0.15) is 17.2 Å². The Morgan fingerprint density at radius 3 is 2.18 bits per heavy atom. The summed E-state index contributed by atoms with van der Waals surface area (Å²) < 4.78 is 16.7. The summed E-state index contributed by atoms with van der Waals surface area (Å²) in [4.78, 5) is 33.9. The molecule has 0 radical (unpaired) electrons. The number of nitrogens with zero attached hydrogens (tertiary/aromatic N) is 2. The minimum atomic E-state index is -0.567. The summed E-state index contributed by atoms with van der Waals surface area (Å²) in [6.45, 7) is 13.7. The maximum Gasteiger partial charge on any atom is 0.407 e. The van der Waals surface area contributed by atoms with Crippen molar-refractivity contribution in [1.82, 2.24) is 20.6 Å². The average Bonchev–Trinajstić information content (AvgIpc) is 2.98. The van der Waals surface area contributed by atoms with Gasteiger partial charge in [-0.1, -0.05) is 54.0 Å². The molecule has 0 atom stereocenters. The van der Waals surface area contributed by atoms with E-state index in [9.17, 15) is 9.59 Å². The molecule has 1 heterocycles. The number of carbonyl (C=O) groups excluding carboxylic acids is 2. The van der Waals surface area contributed by atoms with E-state index >= 15 is 0 Å². The van der Waals surface area contributed by atoms with Gasteiger partial charge in [0, 0.05) is 43.0 Å². The molecular weight excluding hydrogens is 638 g/mol. The second-order valence-electron chi connectivity index (χ2n) is 12.4. The highest BCUT2D eigenvalue weighted by Gasteiger charge is 2.23. The number of ether oxygens (including phenoxy) is 3. The van der Waals surface area contributed by atoms with Crippen LogP contribution in [0, 0.1) is 5.41 Å². The number of nitrogens with one attached hydrogen (secondary N) is 3. The molecule has 2 aromatic carbocycles. The maximum atomic E-state index is 12.8. The van der Waals surface area contributed by atoms with E-state index in [2.05, 4.69) is 41.8 Å². The largest absolute Gasteiger partial charge is 0.494 e. The second-order valence-corrected chi connectivity index (χ2v) is 13.2. The number of hydrogen-bond donors (Lipinski definition) is 3. The Hall–Kier alpha value is -3.86. The summed E-state index contributed by atoms with van der Waals surface area (Å²) in [6.07, 6.45) is 1.02. The summed E-state index contributed by atoms with van der Waals surface area (Å²) in [5.41, 5.74) is 2.50. The normalized spacial score (nSPS) is 11.4. The highest BCUT2D eigenvalue weighted by atomic mass is 79.9. The molecule has 11 heteroatoms. The minimum absolute atomic E-state index is 0.183. The van der Waals surface area contributed by atoms with E-state index in [0.29, 0.717) is 56.7 Å². The number of aromatic nitrogens is 2. The zero-order valence-electron chi connectivity index (χ0n) is 27.2. The Balaban J connectivity index is 1.55. The van der Waals surface area contributed by atoms with E-state index in [1.807, 2.05) is 84.0 Å². The van der Waals surface area contributed by atoms with Crippen molar-refractivity contribution in [3.05, 3.63) is 77.0 Å². The fourth-order valence-corrected chi connectivity index (χ4v) is 4.31. The lowest BCUT2D eigenvalue weighted by atomic mass is 9.93. The van der Waals surface area contributed by atoms with Crippen molar-refractivity contribution in [3.63, 3.8) is 0 Å². The van der Waals surface area contributed by atoms with Gasteiger partial charge in [0.25, 0.3) is 5.91 Å². The molecule has 0 aliphatic rings. The van der Waals surface area contributed by atoms with Crippen LogP contribution in [0.1, 0.15) is 75.1 Å². The molecule has 3 aromatic rings. The van der Waals surface area contributed by atoms with Crippen LogP contribution in [0.2, 0.25) is 0 Å². The van der Waals surface area contributed by atoms with Crippen LogP contribution in [-0.2, 0) is 17.7 Å². The Morgan fingerprint density at radius 1 is 0.867 bits per heavy atom. The molecule has 0 spiro atoms. The molecule has 0 aliphatic carbocycles. The van der Waals surface area contributed by atoms with Crippen molar-refractivity contribution in [1.29, 1.82) is 0 Å². The van der Waals surface area contributed by atoms with Gasteiger partial charge < -0.3 is 30.2 Å². The standard InChI is InChI=1S/C34H46BrN5O5/c1-7-43-31-39-27(20-29(40-31)36-21-25-11-15-28(16-12-25)44-18-8-17-35)19-24-9-13-26(14-10-24)30(41)37-22-34(5,6)23-38-32(42)45-33(2,3)4/h9-16,20H,7-8,17-19,21-23H2,1-6H3,(H,37,41)(H,38,42)(H,36,39,40). The molecule has 0 fully saturated rings. The van der Waals surface area contributed by atoms with E-state index in [1.54, 1.807) is 12.1 Å². The predicted octanol–water partition coefficient (Wildman–Crippen LogP) is 6.52. The fraction of sp³-hybridized carbons (Fsp3) is 0.471. The van der Waals surface area contributed by atoms with Gasteiger partial charge in [-0.25, -0.2) is 4.79 Å². The van der Waals surface area contributed by atoms with E-state index in [4.69, 9.17) is 14.2 Å². The highest BCUT2D eigenvalue weighted by Crippen LogP contribution is 2.19. The Labute approximate surface area is 275 Å². The van der Waals surface area contributed by atoms with Crippen LogP contribution in [0.4, 0.5) is 10.6 Å². The van der Waals surface area contributed by atoms with Gasteiger partial charge in [-0.15, -0.1) is 0 Å². The molecule has 0 saturated carbocycles. The van der Waals surface area contributed by atoms with Gasteiger partial charge in [-0.05, 0) is 74.9 Å². The predicted molar refractivity (Wildman–Crippen MR) is 180 cm³/mol. The van der Waals surface area contributed by atoms with E-state index in [0.717, 1.165) is 34.3 Å². The first kappa shape index (κ1) is 35.6. The molecule has 0 aliphatic heterocycles. The molecule has 45 heavy (non-hydrogen) atoms. The molecule has 1 aromatic heterocycles. The van der Waals surface area contributed by atoms with Crippen molar-refractivity contribution in [3.8, 4) is 11.8 Å². The number of rotatable bonds is 16. The van der Waals surface area contributed by atoms with Gasteiger partial charge in [-0.3, -0.25) is 4.79 Å². The van der Waals surface area contributed by atoms with E-state index in [1.165, 1.54) is 0 Å². The minimum Gasteiger partial charge on any atom is -0.494 e. The van der Waals surface area contributed by atoms with Crippen molar-refractivity contribution in [2.45, 2.75) is 66.5 Å². The molecule has 0 bridgehead atoms. The van der Waals surface area contributed by atoms with Crippen LogP contribution in [0.5, 0.6) is 11.8 Å². The van der Waals surface area contributed by atoms with Crippen molar-refractivity contribution in [2.24, 2.45) is 5.41 Å². The first-order chi connectivity index (χ1) is 21.4. The maximum absolute atomic E-state index is 12.8. The quantitative estimate of drug-likeness (QED) is 0.115. The monoisotopic (exact) mass is 683 g/mol.